The summed E-state index contributed by atoms with van der Waals surface area (Å²) in [6, 6.07) is 13.7. The molecule has 1 unspecified atom stereocenters. The maximum absolute atomic E-state index is 12.5. The molecule has 0 aliphatic rings. The molecule has 1 aromatic carbocycles. The number of esters is 1. The van der Waals surface area contributed by atoms with Crippen molar-refractivity contribution >= 4 is 17.3 Å². The van der Waals surface area contributed by atoms with Crippen molar-refractivity contribution in [2.75, 3.05) is 6.61 Å². The standard InChI is InChI=1S/C22H22N4O3S/c1-3-28-21(27)17-12-24-26(19(17)13-23-15(2)20-10-7-11-29-20)22-25-18(14-30-22)16-8-5-4-6-9-16/h4-12,14-15,23H,3,13H2,1-2H3. The average Bonchev–Trinajstić information content (AvgIpc) is 3.53. The first kappa shape index (κ1) is 20.1. The minimum Gasteiger partial charge on any atom is -0.468 e. The van der Waals surface area contributed by atoms with E-state index >= 15 is 0 Å². The van der Waals surface area contributed by atoms with Crippen LogP contribution in [0, 0.1) is 0 Å². The van der Waals surface area contributed by atoms with Crippen LogP contribution in [0.4, 0.5) is 0 Å². The van der Waals surface area contributed by atoms with Gasteiger partial charge in [-0.1, -0.05) is 30.3 Å². The van der Waals surface area contributed by atoms with Crippen LogP contribution in [0.1, 0.15) is 41.7 Å². The van der Waals surface area contributed by atoms with Crippen LogP contribution in [0.25, 0.3) is 16.4 Å². The molecule has 8 heteroatoms. The van der Waals surface area contributed by atoms with Gasteiger partial charge in [-0.3, -0.25) is 0 Å². The van der Waals surface area contributed by atoms with Crippen LogP contribution in [0.5, 0.6) is 0 Å². The van der Waals surface area contributed by atoms with Gasteiger partial charge in [-0.2, -0.15) is 5.10 Å². The van der Waals surface area contributed by atoms with Crippen molar-refractivity contribution in [3.8, 4) is 16.4 Å². The topological polar surface area (TPSA) is 82.2 Å². The van der Waals surface area contributed by atoms with Gasteiger partial charge in [-0.05, 0) is 26.0 Å². The lowest BCUT2D eigenvalue weighted by molar-refractivity contribution is 0.0524. The molecule has 0 fully saturated rings. The van der Waals surface area contributed by atoms with E-state index < -0.39 is 5.97 Å². The van der Waals surface area contributed by atoms with Gasteiger partial charge in [0.15, 0.2) is 0 Å². The lowest BCUT2D eigenvalue weighted by atomic mass is 10.2. The number of hydrogen-bond acceptors (Lipinski definition) is 7. The van der Waals surface area contributed by atoms with Gasteiger partial charge in [-0.15, -0.1) is 11.3 Å². The van der Waals surface area contributed by atoms with E-state index in [2.05, 4.69) is 10.4 Å². The number of nitrogens with zero attached hydrogens (tertiary/aromatic N) is 3. The van der Waals surface area contributed by atoms with E-state index in [-0.39, 0.29) is 6.04 Å². The van der Waals surface area contributed by atoms with Gasteiger partial charge in [-0.25, -0.2) is 14.5 Å². The Morgan fingerprint density at radius 1 is 1.27 bits per heavy atom. The molecule has 4 rings (SSSR count). The summed E-state index contributed by atoms with van der Waals surface area (Å²) < 4.78 is 12.4. The Morgan fingerprint density at radius 3 is 2.83 bits per heavy atom. The van der Waals surface area contributed by atoms with Gasteiger partial charge in [0.1, 0.15) is 11.3 Å². The molecule has 3 heterocycles. The quantitative estimate of drug-likeness (QED) is 0.417. The monoisotopic (exact) mass is 422 g/mol. The number of thiazole rings is 1. The van der Waals surface area contributed by atoms with Crippen LogP contribution in [-0.2, 0) is 11.3 Å². The third-order valence-electron chi connectivity index (χ3n) is 4.65. The summed E-state index contributed by atoms with van der Waals surface area (Å²) in [5, 5.41) is 10.5. The van der Waals surface area contributed by atoms with Crippen molar-refractivity contribution in [3.63, 3.8) is 0 Å². The van der Waals surface area contributed by atoms with E-state index in [4.69, 9.17) is 14.1 Å². The molecule has 0 aliphatic carbocycles. The lowest BCUT2D eigenvalue weighted by Crippen LogP contribution is -2.21. The summed E-state index contributed by atoms with van der Waals surface area (Å²) in [6.07, 6.45) is 3.18. The third-order valence-corrected chi connectivity index (χ3v) is 5.47. The second-order valence-corrected chi connectivity index (χ2v) is 7.47. The Morgan fingerprint density at radius 2 is 2.10 bits per heavy atom. The summed E-state index contributed by atoms with van der Waals surface area (Å²) in [5.41, 5.74) is 3.02. The molecule has 1 N–H and O–H groups in total. The van der Waals surface area contributed by atoms with Gasteiger partial charge < -0.3 is 14.5 Å². The highest BCUT2D eigenvalue weighted by Crippen LogP contribution is 2.26. The number of furan rings is 1. The number of hydrogen-bond donors (Lipinski definition) is 1. The van der Waals surface area contributed by atoms with Gasteiger partial charge in [0.25, 0.3) is 0 Å². The average molecular weight is 423 g/mol. The molecule has 0 aliphatic heterocycles. The maximum Gasteiger partial charge on any atom is 0.341 e. The zero-order chi connectivity index (χ0) is 20.9. The molecule has 0 saturated carbocycles. The predicted octanol–water partition coefficient (Wildman–Crippen LogP) is 4.62. The highest BCUT2D eigenvalue weighted by molar-refractivity contribution is 7.12. The summed E-state index contributed by atoms with van der Waals surface area (Å²) in [4.78, 5) is 17.2. The molecular formula is C22H22N4O3S. The van der Waals surface area contributed by atoms with E-state index in [0.717, 1.165) is 17.0 Å². The third kappa shape index (κ3) is 4.19. The second kappa shape index (κ2) is 9.06. The van der Waals surface area contributed by atoms with Crippen LogP contribution in [0.2, 0.25) is 0 Å². The molecule has 3 aromatic heterocycles. The van der Waals surface area contributed by atoms with Crippen molar-refractivity contribution < 1.29 is 13.9 Å². The van der Waals surface area contributed by atoms with E-state index in [9.17, 15) is 4.79 Å². The molecule has 154 valence electrons. The van der Waals surface area contributed by atoms with Gasteiger partial charge in [0, 0.05) is 17.5 Å². The fourth-order valence-corrected chi connectivity index (χ4v) is 3.89. The number of carbonyl (C=O) groups is 1. The summed E-state index contributed by atoms with van der Waals surface area (Å²) in [7, 11) is 0. The SMILES string of the molecule is CCOC(=O)c1cnn(-c2nc(-c3ccccc3)cs2)c1CNC(C)c1ccco1. The van der Waals surface area contributed by atoms with Crippen molar-refractivity contribution in [3.05, 3.63) is 77.3 Å². The Labute approximate surface area is 178 Å². The van der Waals surface area contributed by atoms with Crippen molar-refractivity contribution in [1.82, 2.24) is 20.1 Å². The van der Waals surface area contributed by atoms with Crippen LogP contribution >= 0.6 is 11.3 Å². The van der Waals surface area contributed by atoms with Crippen LogP contribution < -0.4 is 5.32 Å². The number of nitrogens with one attached hydrogen (secondary N) is 1. The summed E-state index contributed by atoms with van der Waals surface area (Å²) in [5.74, 6) is 0.422. The molecule has 0 saturated heterocycles. The largest absolute Gasteiger partial charge is 0.468 e. The zero-order valence-corrected chi connectivity index (χ0v) is 17.6. The summed E-state index contributed by atoms with van der Waals surface area (Å²) in [6.45, 7) is 4.48. The van der Waals surface area contributed by atoms with Crippen molar-refractivity contribution in [1.29, 1.82) is 0 Å². The Balaban J connectivity index is 1.64. The first-order valence-electron chi connectivity index (χ1n) is 9.69. The van der Waals surface area contributed by atoms with Crippen LogP contribution in [0.3, 0.4) is 0 Å². The van der Waals surface area contributed by atoms with Gasteiger partial charge >= 0.3 is 5.97 Å². The first-order valence-corrected chi connectivity index (χ1v) is 10.6. The van der Waals surface area contributed by atoms with Crippen molar-refractivity contribution in [2.24, 2.45) is 0 Å². The van der Waals surface area contributed by atoms with E-state index in [1.165, 1.54) is 17.5 Å². The number of rotatable bonds is 8. The number of ether oxygens (including phenoxy) is 1. The fourth-order valence-electron chi connectivity index (χ4n) is 3.08. The normalized spacial score (nSPS) is 12.1. The van der Waals surface area contributed by atoms with Gasteiger partial charge in [0.2, 0.25) is 5.13 Å². The first-order chi connectivity index (χ1) is 14.7. The molecule has 0 amide bonds. The van der Waals surface area contributed by atoms with Crippen molar-refractivity contribution in [2.45, 2.75) is 26.4 Å². The van der Waals surface area contributed by atoms with E-state index in [0.29, 0.717) is 29.5 Å². The molecule has 1 atom stereocenters. The van der Waals surface area contributed by atoms with Gasteiger partial charge in [0.05, 0.1) is 36.5 Å². The smallest absolute Gasteiger partial charge is 0.341 e. The highest BCUT2D eigenvalue weighted by Gasteiger charge is 2.22. The predicted molar refractivity (Wildman–Crippen MR) is 115 cm³/mol. The minimum absolute atomic E-state index is 0.0328. The Bertz CT molecular complexity index is 1100. The van der Waals surface area contributed by atoms with Crippen LogP contribution in [0.15, 0.2) is 64.7 Å². The second-order valence-electron chi connectivity index (χ2n) is 6.64. The zero-order valence-electron chi connectivity index (χ0n) is 16.7. The molecule has 0 bridgehead atoms. The van der Waals surface area contributed by atoms with Crippen LogP contribution in [-0.4, -0.2) is 27.3 Å². The van der Waals surface area contributed by atoms with E-state index in [1.54, 1.807) is 17.9 Å². The molecule has 0 spiro atoms. The number of carbonyl (C=O) groups excluding carboxylic acids is 1. The molecule has 30 heavy (non-hydrogen) atoms. The lowest BCUT2D eigenvalue weighted by Gasteiger charge is -2.13. The maximum atomic E-state index is 12.5. The molecular weight excluding hydrogens is 400 g/mol. The highest BCUT2D eigenvalue weighted by atomic mass is 32.1. The Hall–Kier alpha value is -3.23. The van der Waals surface area contributed by atoms with E-state index in [1.807, 2.05) is 54.8 Å². The minimum atomic E-state index is -0.397. The molecule has 4 aromatic rings. The Kier molecular flexibility index (Phi) is 6.06. The number of benzene rings is 1. The number of aromatic nitrogens is 3. The molecule has 7 nitrogen and oxygen atoms in total. The fraction of sp³-hybridized carbons (Fsp3) is 0.227. The molecule has 0 radical (unpaired) electrons. The summed E-state index contributed by atoms with van der Waals surface area (Å²) >= 11 is 1.47.